The molecule has 3 nitrogen and oxygen atoms in total. The van der Waals surface area contributed by atoms with Crippen LogP contribution in [-0.4, -0.2) is 4.98 Å². The van der Waals surface area contributed by atoms with Crippen LogP contribution in [0.1, 0.15) is 11.5 Å². The molecule has 0 atom stereocenters. The topological polar surface area (TPSA) is 43.1 Å². The molecule has 0 saturated carbocycles. The lowest BCUT2D eigenvalue weighted by molar-refractivity contribution is 0.489. The number of para-hydroxylation sites is 1. The van der Waals surface area contributed by atoms with Gasteiger partial charge in [-0.05, 0) is 40.6 Å². The Labute approximate surface area is 142 Å². The smallest absolute Gasteiger partial charge is 0.347 e. The molecule has 0 amide bonds. The van der Waals surface area contributed by atoms with E-state index < -0.39 is 5.63 Å². The minimum Gasteiger partial charge on any atom is -0.402 e. The van der Waals surface area contributed by atoms with E-state index in [9.17, 15) is 4.79 Å². The van der Waals surface area contributed by atoms with Crippen LogP contribution in [0.5, 0.6) is 0 Å². The maximum atomic E-state index is 12.0. The van der Waals surface area contributed by atoms with Gasteiger partial charge in [0.2, 0.25) is 5.89 Å². The van der Waals surface area contributed by atoms with E-state index in [0.29, 0.717) is 10.9 Å². The normalized spacial score (nSPS) is 12.0. The summed E-state index contributed by atoms with van der Waals surface area (Å²) < 4.78 is 5.25. The van der Waals surface area contributed by atoms with Gasteiger partial charge in [-0.1, -0.05) is 60.1 Å². The van der Waals surface area contributed by atoms with Gasteiger partial charge in [0.1, 0.15) is 5.03 Å². The maximum Gasteiger partial charge on any atom is 0.347 e. The van der Waals surface area contributed by atoms with Crippen molar-refractivity contribution in [3.63, 3.8) is 0 Å². The highest BCUT2D eigenvalue weighted by atomic mass is 35.5. The predicted octanol–water partition coefficient (Wildman–Crippen LogP) is 5.08. The third kappa shape index (κ3) is 2.70. The molecule has 1 aromatic heterocycles. The zero-order valence-corrected chi connectivity index (χ0v) is 13.3. The molecule has 0 spiro atoms. The summed E-state index contributed by atoms with van der Waals surface area (Å²) in [5, 5.41) is 2.99. The number of hydrogen-bond acceptors (Lipinski definition) is 3. The molecule has 24 heavy (non-hydrogen) atoms. The van der Waals surface area contributed by atoms with Gasteiger partial charge in [-0.3, -0.25) is 0 Å². The molecule has 4 heteroatoms. The molecule has 3 aromatic carbocycles. The van der Waals surface area contributed by atoms with E-state index in [0.717, 1.165) is 16.3 Å². The van der Waals surface area contributed by atoms with Crippen molar-refractivity contribution in [2.24, 2.45) is 0 Å². The summed E-state index contributed by atoms with van der Waals surface area (Å²) in [4.78, 5) is 16.4. The van der Waals surface area contributed by atoms with Gasteiger partial charge in [0.05, 0.1) is 10.9 Å². The van der Waals surface area contributed by atoms with Crippen LogP contribution in [0.4, 0.5) is 0 Å². The SMILES string of the molecule is O=c1oc(/C(Cl)=C/c2ccc3ccccc3c2)nc2ccccc12. The monoisotopic (exact) mass is 333 g/mol. The molecule has 4 rings (SSSR count). The number of hydrogen-bond donors (Lipinski definition) is 0. The fourth-order valence-electron chi connectivity index (χ4n) is 2.63. The van der Waals surface area contributed by atoms with Crippen LogP contribution in [0.2, 0.25) is 0 Å². The minimum absolute atomic E-state index is 0.119. The highest BCUT2D eigenvalue weighted by Gasteiger charge is 2.09. The van der Waals surface area contributed by atoms with Crippen LogP contribution >= 0.6 is 11.6 Å². The molecule has 0 aliphatic rings. The van der Waals surface area contributed by atoms with Gasteiger partial charge in [0, 0.05) is 0 Å². The van der Waals surface area contributed by atoms with E-state index in [4.69, 9.17) is 16.0 Å². The molecule has 0 N–H and O–H groups in total. The van der Waals surface area contributed by atoms with Crippen LogP contribution in [0.3, 0.4) is 0 Å². The van der Waals surface area contributed by atoms with Crippen molar-refractivity contribution in [1.29, 1.82) is 0 Å². The Bertz CT molecular complexity index is 1140. The molecule has 0 aliphatic carbocycles. The first-order valence-corrected chi connectivity index (χ1v) is 7.85. The van der Waals surface area contributed by atoms with E-state index >= 15 is 0 Å². The second kappa shape index (κ2) is 5.95. The van der Waals surface area contributed by atoms with Crippen LogP contribution in [0.25, 0.3) is 32.8 Å². The number of aromatic nitrogens is 1. The third-order valence-electron chi connectivity index (χ3n) is 3.81. The van der Waals surface area contributed by atoms with Gasteiger partial charge in [-0.2, -0.15) is 0 Å². The Morgan fingerprint density at radius 2 is 1.71 bits per heavy atom. The lowest BCUT2D eigenvalue weighted by atomic mass is 10.1. The first kappa shape index (κ1) is 14.7. The average molecular weight is 334 g/mol. The van der Waals surface area contributed by atoms with Crippen LogP contribution < -0.4 is 5.63 Å². The lowest BCUT2D eigenvalue weighted by Crippen LogP contribution is -2.03. The van der Waals surface area contributed by atoms with Gasteiger partial charge in [-0.15, -0.1) is 0 Å². The zero-order chi connectivity index (χ0) is 16.5. The highest BCUT2D eigenvalue weighted by Crippen LogP contribution is 2.23. The molecular weight excluding hydrogens is 322 g/mol. The quantitative estimate of drug-likeness (QED) is 0.514. The van der Waals surface area contributed by atoms with Crippen molar-refractivity contribution in [2.45, 2.75) is 0 Å². The van der Waals surface area contributed by atoms with Crippen LogP contribution in [-0.2, 0) is 0 Å². The third-order valence-corrected chi connectivity index (χ3v) is 4.08. The molecule has 0 fully saturated rings. The molecule has 0 saturated heterocycles. The van der Waals surface area contributed by atoms with Crippen molar-refractivity contribution in [3.8, 4) is 0 Å². The van der Waals surface area contributed by atoms with E-state index in [2.05, 4.69) is 4.98 Å². The molecule has 0 radical (unpaired) electrons. The first-order chi connectivity index (χ1) is 11.7. The molecule has 1 heterocycles. The van der Waals surface area contributed by atoms with E-state index in [-0.39, 0.29) is 10.9 Å². The van der Waals surface area contributed by atoms with Gasteiger partial charge < -0.3 is 4.42 Å². The second-order valence-electron chi connectivity index (χ2n) is 5.42. The fourth-order valence-corrected chi connectivity index (χ4v) is 2.83. The summed E-state index contributed by atoms with van der Waals surface area (Å²) in [7, 11) is 0. The Kier molecular flexibility index (Phi) is 3.63. The molecule has 0 bridgehead atoms. The van der Waals surface area contributed by atoms with Gasteiger partial charge >= 0.3 is 5.63 Å². The lowest BCUT2D eigenvalue weighted by Gasteiger charge is -2.02. The fraction of sp³-hybridized carbons (Fsp3) is 0. The number of benzene rings is 3. The number of nitrogens with zero attached hydrogens (tertiary/aromatic N) is 1. The molecule has 0 aliphatic heterocycles. The van der Waals surface area contributed by atoms with Gasteiger partial charge in [-0.25, -0.2) is 9.78 Å². The summed E-state index contributed by atoms with van der Waals surface area (Å²) in [5.41, 5.74) is 1.03. The van der Waals surface area contributed by atoms with E-state index in [1.807, 2.05) is 48.5 Å². The van der Waals surface area contributed by atoms with E-state index in [1.54, 1.807) is 24.3 Å². The second-order valence-corrected chi connectivity index (χ2v) is 5.83. The number of fused-ring (bicyclic) bond motifs is 2. The predicted molar refractivity (Wildman–Crippen MR) is 98.0 cm³/mol. The number of halogens is 1. The van der Waals surface area contributed by atoms with Crippen molar-refractivity contribution in [1.82, 2.24) is 4.98 Å². The van der Waals surface area contributed by atoms with Crippen molar-refractivity contribution in [3.05, 3.63) is 88.6 Å². The Hall–Kier alpha value is -2.91. The van der Waals surface area contributed by atoms with Crippen LogP contribution in [0.15, 0.2) is 75.9 Å². The van der Waals surface area contributed by atoms with E-state index in [1.165, 1.54) is 0 Å². The average Bonchev–Trinajstić information content (AvgIpc) is 2.61. The summed E-state index contributed by atoms with van der Waals surface area (Å²) >= 11 is 6.33. The summed E-state index contributed by atoms with van der Waals surface area (Å²) in [5.74, 6) is 0.119. The zero-order valence-electron chi connectivity index (χ0n) is 12.6. The van der Waals surface area contributed by atoms with Gasteiger partial charge in [0.15, 0.2) is 0 Å². The Morgan fingerprint density at radius 3 is 2.58 bits per heavy atom. The van der Waals surface area contributed by atoms with Crippen LogP contribution in [0, 0.1) is 0 Å². The molecule has 116 valence electrons. The molecule has 0 unspecified atom stereocenters. The molecular formula is C20H12ClNO2. The molecule has 4 aromatic rings. The standard InChI is InChI=1S/C20H12ClNO2/c21-17(12-13-9-10-14-5-1-2-6-15(14)11-13)19-22-18-8-4-3-7-16(18)20(23)24-19/h1-12H/b17-12-. The Balaban J connectivity index is 1.80. The van der Waals surface area contributed by atoms with Gasteiger partial charge in [0.25, 0.3) is 0 Å². The van der Waals surface area contributed by atoms with Crippen molar-refractivity contribution < 1.29 is 4.42 Å². The summed E-state index contributed by atoms with van der Waals surface area (Å²) in [6, 6.07) is 21.1. The summed E-state index contributed by atoms with van der Waals surface area (Å²) in [6.07, 6.45) is 1.74. The summed E-state index contributed by atoms with van der Waals surface area (Å²) in [6.45, 7) is 0. The maximum absolute atomic E-state index is 12.0. The van der Waals surface area contributed by atoms with Crippen molar-refractivity contribution >= 4 is 44.4 Å². The first-order valence-electron chi connectivity index (χ1n) is 7.47. The largest absolute Gasteiger partial charge is 0.402 e. The highest BCUT2D eigenvalue weighted by molar-refractivity contribution is 6.50. The van der Waals surface area contributed by atoms with Crippen molar-refractivity contribution in [2.75, 3.05) is 0 Å². The minimum atomic E-state index is -0.444. The number of rotatable bonds is 2. The Morgan fingerprint density at radius 1 is 0.958 bits per heavy atom.